The summed E-state index contributed by atoms with van der Waals surface area (Å²) in [4.78, 5) is 23.5. The SMILES string of the molecule is Cc1ccc(O)c(C(=O)N[C@H]2CCCNC2=O)c1. The van der Waals surface area contributed by atoms with E-state index in [0.29, 0.717) is 13.0 Å². The van der Waals surface area contributed by atoms with Crippen LogP contribution in [0, 0.1) is 6.92 Å². The van der Waals surface area contributed by atoms with Crippen LogP contribution in [0.25, 0.3) is 0 Å². The van der Waals surface area contributed by atoms with Crippen molar-refractivity contribution in [3.8, 4) is 5.75 Å². The first-order chi connectivity index (χ1) is 8.58. The minimum atomic E-state index is -0.508. The van der Waals surface area contributed by atoms with E-state index in [4.69, 9.17) is 0 Å². The smallest absolute Gasteiger partial charge is 0.255 e. The number of piperidine rings is 1. The quantitative estimate of drug-likeness (QED) is 0.721. The standard InChI is InChI=1S/C13H16N2O3/c1-8-4-5-11(16)9(7-8)12(17)15-10-3-2-6-14-13(10)18/h4-5,7,10,16H,2-3,6H2,1H3,(H,14,18)(H,15,17)/t10-/m0/s1. The summed E-state index contributed by atoms with van der Waals surface area (Å²) in [6.45, 7) is 2.49. The minimum Gasteiger partial charge on any atom is -0.507 e. The van der Waals surface area contributed by atoms with Gasteiger partial charge >= 0.3 is 0 Å². The van der Waals surface area contributed by atoms with Gasteiger partial charge in [0.15, 0.2) is 0 Å². The van der Waals surface area contributed by atoms with Gasteiger partial charge in [0.25, 0.3) is 5.91 Å². The Kier molecular flexibility index (Phi) is 3.50. The van der Waals surface area contributed by atoms with Gasteiger partial charge in [0, 0.05) is 6.54 Å². The highest BCUT2D eigenvalue weighted by molar-refractivity contribution is 5.99. The van der Waals surface area contributed by atoms with Gasteiger partial charge in [-0.15, -0.1) is 0 Å². The Morgan fingerprint density at radius 2 is 2.28 bits per heavy atom. The van der Waals surface area contributed by atoms with E-state index >= 15 is 0 Å². The van der Waals surface area contributed by atoms with Crippen LogP contribution in [-0.2, 0) is 4.79 Å². The van der Waals surface area contributed by atoms with Crippen LogP contribution >= 0.6 is 0 Å². The molecular weight excluding hydrogens is 232 g/mol. The van der Waals surface area contributed by atoms with Crippen molar-refractivity contribution < 1.29 is 14.7 Å². The van der Waals surface area contributed by atoms with E-state index in [1.54, 1.807) is 12.1 Å². The van der Waals surface area contributed by atoms with Crippen LogP contribution in [0.2, 0.25) is 0 Å². The van der Waals surface area contributed by atoms with Crippen LogP contribution in [-0.4, -0.2) is 29.5 Å². The summed E-state index contributed by atoms with van der Waals surface area (Å²) < 4.78 is 0. The maximum Gasteiger partial charge on any atom is 0.255 e. The van der Waals surface area contributed by atoms with E-state index in [1.807, 2.05) is 6.92 Å². The van der Waals surface area contributed by atoms with Crippen molar-refractivity contribution in [1.82, 2.24) is 10.6 Å². The molecule has 0 unspecified atom stereocenters. The summed E-state index contributed by atoms with van der Waals surface area (Å²) in [7, 11) is 0. The summed E-state index contributed by atoms with van der Waals surface area (Å²) >= 11 is 0. The van der Waals surface area contributed by atoms with E-state index in [-0.39, 0.29) is 17.2 Å². The Hall–Kier alpha value is -2.04. The number of phenolic OH excluding ortho intramolecular Hbond substituents is 1. The van der Waals surface area contributed by atoms with Gasteiger partial charge in [-0.3, -0.25) is 9.59 Å². The number of amides is 2. The number of hydrogen-bond donors (Lipinski definition) is 3. The Morgan fingerprint density at radius 3 is 3.00 bits per heavy atom. The van der Waals surface area contributed by atoms with Gasteiger partial charge in [-0.05, 0) is 31.9 Å². The maximum atomic E-state index is 12.0. The molecule has 1 saturated heterocycles. The van der Waals surface area contributed by atoms with Gasteiger partial charge in [-0.2, -0.15) is 0 Å². The number of nitrogens with one attached hydrogen (secondary N) is 2. The lowest BCUT2D eigenvalue weighted by Crippen LogP contribution is -2.50. The molecule has 1 aliphatic rings. The summed E-state index contributed by atoms with van der Waals surface area (Å²) in [5.74, 6) is -0.658. The molecular formula is C13H16N2O3. The summed E-state index contributed by atoms with van der Waals surface area (Å²) in [6.07, 6.45) is 1.47. The van der Waals surface area contributed by atoms with Crippen LogP contribution in [0.4, 0.5) is 0 Å². The predicted molar refractivity (Wildman–Crippen MR) is 66.3 cm³/mol. The number of benzene rings is 1. The summed E-state index contributed by atoms with van der Waals surface area (Å²) in [5.41, 5.74) is 1.08. The average Bonchev–Trinajstić information content (AvgIpc) is 2.35. The minimum absolute atomic E-state index is 0.0747. The van der Waals surface area contributed by atoms with E-state index in [9.17, 15) is 14.7 Å². The fourth-order valence-corrected chi connectivity index (χ4v) is 1.98. The Labute approximate surface area is 105 Å². The molecule has 0 radical (unpaired) electrons. The van der Waals surface area contributed by atoms with Crippen LogP contribution in [0.3, 0.4) is 0 Å². The molecule has 3 N–H and O–H groups in total. The zero-order chi connectivity index (χ0) is 13.1. The third kappa shape index (κ3) is 2.61. The molecule has 1 heterocycles. The Bertz CT molecular complexity index is 485. The third-order valence-corrected chi connectivity index (χ3v) is 2.99. The molecule has 1 fully saturated rings. The first-order valence-electron chi connectivity index (χ1n) is 5.96. The van der Waals surface area contributed by atoms with Crippen molar-refractivity contribution in [1.29, 1.82) is 0 Å². The van der Waals surface area contributed by atoms with Crippen LogP contribution in [0.1, 0.15) is 28.8 Å². The van der Waals surface area contributed by atoms with E-state index in [0.717, 1.165) is 12.0 Å². The monoisotopic (exact) mass is 248 g/mol. The maximum absolute atomic E-state index is 12.0. The summed E-state index contributed by atoms with van der Waals surface area (Å²) in [6, 6.07) is 4.29. The number of carbonyl (C=O) groups is 2. The molecule has 5 heteroatoms. The van der Waals surface area contributed by atoms with Gasteiger partial charge in [0.1, 0.15) is 11.8 Å². The molecule has 1 aromatic carbocycles. The van der Waals surface area contributed by atoms with Crippen molar-refractivity contribution in [2.45, 2.75) is 25.8 Å². The van der Waals surface area contributed by atoms with Crippen molar-refractivity contribution in [2.24, 2.45) is 0 Å². The predicted octanol–water partition coefficient (Wildman–Crippen LogP) is 0.709. The number of phenols is 1. The second-order valence-corrected chi connectivity index (χ2v) is 4.48. The second kappa shape index (κ2) is 5.08. The van der Waals surface area contributed by atoms with Crippen molar-refractivity contribution >= 4 is 11.8 Å². The van der Waals surface area contributed by atoms with Crippen molar-refractivity contribution in [3.63, 3.8) is 0 Å². The zero-order valence-corrected chi connectivity index (χ0v) is 10.2. The highest BCUT2D eigenvalue weighted by atomic mass is 16.3. The molecule has 2 amide bonds. The summed E-state index contributed by atoms with van der Waals surface area (Å²) in [5, 5.41) is 15.0. The highest BCUT2D eigenvalue weighted by Crippen LogP contribution is 2.18. The molecule has 0 spiro atoms. The topological polar surface area (TPSA) is 78.4 Å². The van der Waals surface area contributed by atoms with Gasteiger partial charge in [0.05, 0.1) is 5.56 Å². The third-order valence-electron chi connectivity index (χ3n) is 2.99. The largest absolute Gasteiger partial charge is 0.507 e. The van der Waals surface area contributed by atoms with Gasteiger partial charge in [-0.1, -0.05) is 11.6 Å². The first kappa shape index (κ1) is 12.4. The zero-order valence-electron chi connectivity index (χ0n) is 10.2. The Morgan fingerprint density at radius 1 is 1.50 bits per heavy atom. The van der Waals surface area contributed by atoms with E-state index < -0.39 is 11.9 Å². The molecule has 0 aliphatic carbocycles. The molecule has 0 bridgehead atoms. The fourth-order valence-electron chi connectivity index (χ4n) is 1.98. The molecule has 1 aliphatic heterocycles. The molecule has 1 atom stereocenters. The molecule has 0 saturated carbocycles. The molecule has 5 nitrogen and oxygen atoms in total. The first-order valence-corrected chi connectivity index (χ1v) is 5.96. The normalized spacial score (nSPS) is 19.2. The van der Waals surface area contributed by atoms with Crippen molar-refractivity contribution in [3.05, 3.63) is 29.3 Å². The Balaban J connectivity index is 2.11. The molecule has 1 aromatic rings. The fraction of sp³-hybridized carbons (Fsp3) is 0.385. The molecule has 0 aromatic heterocycles. The molecule has 18 heavy (non-hydrogen) atoms. The number of carbonyl (C=O) groups excluding carboxylic acids is 2. The number of rotatable bonds is 2. The number of aromatic hydroxyl groups is 1. The number of hydrogen-bond acceptors (Lipinski definition) is 3. The van der Waals surface area contributed by atoms with Gasteiger partial charge in [-0.25, -0.2) is 0 Å². The highest BCUT2D eigenvalue weighted by Gasteiger charge is 2.24. The lowest BCUT2D eigenvalue weighted by atomic mass is 10.1. The molecule has 96 valence electrons. The number of aryl methyl sites for hydroxylation is 1. The van der Waals surface area contributed by atoms with Crippen LogP contribution < -0.4 is 10.6 Å². The lowest BCUT2D eigenvalue weighted by molar-refractivity contribution is -0.124. The van der Waals surface area contributed by atoms with Gasteiger partial charge in [0.2, 0.25) is 5.91 Å². The van der Waals surface area contributed by atoms with E-state index in [2.05, 4.69) is 10.6 Å². The second-order valence-electron chi connectivity index (χ2n) is 4.48. The van der Waals surface area contributed by atoms with Crippen molar-refractivity contribution in [2.75, 3.05) is 6.54 Å². The molecule has 2 rings (SSSR count). The van der Waals surface area contributed by atoms with E-state index in [1.165, 1.54) is 6.07 Å². The van der Waals surface area contributed by atoms with Gasteiger partial charge < -0.3 is 15.7 Å². The van der Waals surface area contributed by atoms with Crippen LogP contribution in [0.15, 0.2) is 18.2 Å². The average molecular weight is 248 g/mol. The lowest BCUT2D eigenvalue weighted by Gasteiger charge is -2.22. The van der Waals surface area contributed by atoms with Crippen LogP contribution in [0.5, 0.6) is 5.75 Å².